The molecule has 9 nitrogen and oxygen atoms in total. The number of piperidine rings is 1. The molecule has 5 rings (SSSR count). The first-order valence-corrected chi connectivity index (χ1v) is 13.6. The number of ether oxygens (including phenoxy) is 1. The van der Waals surface area contributed by atoms with Crippen LogP contribution in [0.5, 0.6) is 5.75 Å². The van der Waals surface area contributed by atoms with E-state index >= 15 is 0 Å². The van der Waals surface area contributed by atoms with Crippen LogP contribution in [-0.2, 0) is 28.1 Å². The van der Waals surface area contributed by atoms with Crippen molar-refractivity contribution in [1.29, 1.82) is 0 Å². The molecule has 3 aliphatic heterocycles. The van der Waals surface area contributed by atoms with Gasteiger partial charge in [0.1, 0.15) is 5.75 Å². The number of amides is 1. The number of benzene rings is 1. The number of fused-ring (bicyclic) bond motifs is 1. The van der Waals surface area contributed by atoms with E-state index in [1.54, 1.807) is 11.4 Å². The summed E-state index contributed by atoms with van der Waals surface area (Å²) in [5, 5.41) is 4.78. The Hall–Kier alpha value is -2.43. The minimum atomic E-state index is -3.47. The Morgan fingerprint density at radius 3 is 2.44 bits per heavy atom. The number of aryl methyl sites for hydroxylation is 1. The third kappa shape index (κ3) is 4.58. The summed E-state index contributed by atoms with van der Waals surface area (Å²) >= 11 is 0. The van der Waals surface area contributed by atoms with Crippen LogP contribution in [0.4, 0.5) is 0 Å². The highest BCUT2D eigenvalue weighted by Crippen LogP contribution is 2.28. The number of carbonyl (C=O) groups is 1. The smallest absolute Gasteiger partial charge is 0.281 e. The van der Waals surface area contributed by atoms with Gasteiger partial charge in [0.05, 0.1) is 31.0 Å². The molecule has 3 aliphatic rings. The first-order valence-electron chi connectivity index (χ1n) is 12.2. The largest absolute Gasteiger partial charge is 0.497 e. The molecule has 0 saturated carbocycles. The molecule has 0 spiro atoms. The topological polar surface area (TPSA) is 88.0 Å². The van der Waals surface area contributed by atoms with Crippen molar-refractivity contribution in [3.8, 4) is 17.0 Å². The van der Waals surface area contributed by atoms with E-state index in [0.717, 1.165) is 61.3 Å². The Kier molecular flexibility index (Phi) is 6.63. The van der Waals surface area contributed by atoms with Crippen molar-refractivity contribution in [2.75, 3.05) is 39.8 Å². The van der Waals surface area contributed by atoms with Crippen LogP contribution in [-0.4, -0.2) is 77.4 Å². The monoisotopic (exact) mass is 487 g/mol. The summed E-state index contributed by atoms with van der Waals surface area (Å²) < 4.78 is 36.4. The molecule has 184 valence electrons. The van der Waals surface area contributed by atoms with Gasteiger partial charge in [0.2, 0.25) is 5.91 Å². The Balaban J connectivity index is 1.29. The number of nitrogens with zero attached hydrogens (tertiary/aromatic N) is 5. The van der Waals surface area contributed by atoms with E-state index in [1.165, 1.54) is 4.31 Å². The van der Waals surface area contributed by atoms with Crippen LogP contribution in [0.3, 0.4) is 0 Å². The lowest BCUT2D eigenvalue weighted by Crippen LogP contribution is -2.50. The SMILES string of the molecule is COc1ccc(-c2cc3n(n2)CCCN(C(=O)C2CCCN(S(=O)(=O)N4CCCC4)C2)C3)cc1. The molecule has 1 aromatic carbocycles. The van der Waals surface area contributed by atoms with Gasteiger partial charge in [-0.25, -0.2) is 0 Å². The molecule has 0 N–H and O–H groups in total. The molecule has 2 saturated heterocycles. The second-order valence-corrected chi connectivity index (χ2v) is 11.3. The molecule has 2 aromatic rings. The Morgan fingerprint density at radius 1 is 0.971 bits per heavy atom. The van der Waals surface area contributed by atoms with Gasteiger partial charge in [0, 0.05) is 44.8 Å². The van der Waals surface area contributed by atoms with Gasteiger partial charge >= 0.3 is 0 Å². The third-order valence-corrected chi connectivity index (χ3v) is 9.16. The fraction of sp³-hybridized carbons (Fsp3) is 0.583. The zero-order valence-corrected chi connectivity index (χ0v) is 20.5. The molecule has 2 fully saturated rings. The van der Waals surface area contributed by atoms with Crippen LogP contribution in [0.25, 0.3) is 11.3 Å². The van der Waals surface area contributed by atoms with Crippen LogP contribution in [0.15, 0.2) is 30.3 Å². The van der Waals surface area contributed by atoms with Gasteiger partial charge in [0.15, 0.2) is 0 Å². The number of methoxy groups -OCH3 is 1. The Bertz CT molecular complexity index is 1120. The average Bonchev–Trinajstić information content (AvgIpc) is 3.51. The number of hydrogen-bond acceptors (Lipinski definition) is 5. The van der Waals surface area contributed by atoms with E-state index in [0.29, 0.717) is 32.7 Å². The summed E-state index contributed by atoms with van der Waals surface area (Å²) in [7, 11) is -1.83. The van der Waals surface area contributed by atoms with Gasteiger partial charge in [-0.2, -0.15) is 22.1 Å². The number of carbonyl (C=O) groups excluding carboxylic acids is 1. The first kappa shape index (κ1) is 23.3. The van der Waals surface area contributed by atoms with Crippen molar-refractivity contribution in [2.45, 2.75) is 45.2 Å². The maximum absolute atomic E-state index is 13.5. The van der Waals surface area contributed by atoms with Crippen molar-refractivity contribution >= 4 is 16.1 Å². The van der Waals surface area contributed by atoms with Crippen LogP contribution in [0, 0.1) is 5.92 Å². The summed E-state index contributed by atoms with van der Waals surface area (Å²) in [5.41, 5.74) is 2.90. The molecule has 4 heterocycles. The molecule has 0 radical (unpaired) electrons. The minimum Gasteiger partial charge on any atom is -0.497 e. The molecule has 0 bridgehead atoms. The Labute approximate surface area is 201 Å². The summed E-state index contributed by atoms with van der Waals surface area (Å²) in [5.74, 6) is 0.568. The van der Waals surface area contributed by atoms with E-state index in [2.05, 4.69) is 6.07 Å². The van der Waals surface area contributed by atoms with Crippen LogP contribution in [0.2, 0.25) is 0 Å². The van der Waals surface area contributed by atoms with Gasteiger partial charge in [-0.1, -0.05) is 0 Å². The molecule has 34 heavy (non-hydrogen) atoms. The van der Waals surface area contributed by atoms with Gasteiger partial charge in [-0.05, 0) is 62.4 Å². The van der Waals surface area contributed by atoms with Crippen molar-refractivity contribution in [3.63, 3.8) is 0 Å². The van der Waals surface area contributed by atoms with Gasteiger partial charge in [-0.15, -0.1) is 0 Å². The summed E-state index contributed by atoms with van der Waals surface area (Å²) in [6.45, 7) is 3.88. The number of rotatable bonds is 5. The molecule has 1 unspecified atom stereocenters. The standard InChI is InChI=1S/C24H33N5O4S/c1-33-22-9-7-19(8-10-22)23-16-21-18-26(11-5-15-29(21)25-23)24(30)20-6-4-14-28(17-20)34(31,32)27-12-2-3-13-27/h7-10,16,20H,2-6,11-15,17-18H2,1H3. The van der Waals surface area contributed by atoms with E-state index < -0.39 is 10.2 Å². The lowest BCUT2D eigenvalue weighted by atomic mass is 9.98. The van der Waals surface area contributed by atoms with Crippen LogP contribution >= 0.6 is 0 Å². The highest BCUT2D eigenvalue weighted by molar-refractivity contribution is 7.86. The minimum absolute atomic E-state index is 0.0574. The molecule has 1 amide bonds. The highest BCUT2D eigenvalue weighted by atomic mass is 32.2. The zero-order valence-electron chi connectivity index (χ0n) is 19.7. The Morgan fingerprint density at radius 2 is 1.71 bits per heavy atom. The van der Waals surface area contributed by atoms with E-state index in [4.69, 9.17) is 9.84 Å². The molecule has 0 aliphatic carbocycles. The highest BCUT2D eigenvalue weighted by Gasteiger charge is 2.38. The maximum atomic E-state index is 13.5. The lowest BCUT2D eigenvalue weighted by Gasteiger charge is -2.35. The van der Waals surface area contributed by atoms with E-state index in [-0.39, 0.29) is 18.4 Å². The first-order chi connectivity index (χ1) is 16.5. The average molecular weight is 488 g/mol. The van der Waals surface area contributed by atoms with Crippen molar-refractivity contribution in [3.05, 3.63) is 36.0 Å². The third-order valence-electron chi connectivity index (χ3n) is 7.16. The van der Waals surface area contributed by atoms with Gasteiger partial charge in [-0.3, -0.25) is 9.48 Å². The lowest BCUT2D eigenvalue weighted by molar-refractivity contribution is -0.137. The molecular formula is C24H33N5O4S. The van der Waals surface area contributed by atoms with Gasteiger partial charge in [0.25, 0.3) is 10.2 Å². The number of hydrogen-bond donors (Lipinski definition) is 0. The fourth-order valence-corrected chi connectivity index (χ4v) is 7.02. The number of aromatic nitrogens is 2. The predicted molar refractivity (Wildman–Crippen MR) is 128 cm³/mol. The molecule has 1 atom stereocenters. The maximum Gasteiger partial charge on any atom is 0.281 e. The fourth-order valence-electron chi connectivity index (χ4n) is 5.25. The second-order valence-electron chi connectivity index (χ2n) is 9.40. The second kappa shape index (κ2) is 9.67. The molecule has 1 aromatic heterocycles. The van der Waals surface area contributed by atoms with Crippen LogP contribution < -0.4 is 4.74 Å². The van der Waals surface area contributed by atoms with Gasteiger partial charge < -0.3 is 9.64 Å². The summed E-state index contributed by atoms with van der Waals surface area (Å²) in [6, 6.07) is 9.86. The van der Waals surface area contributed by atoms with E-state index in [1.807, 2.05) is 33.8 Å². The van der Waals surface area contributed by atoms with Crippen LogP contribution in [0.1, 0.15) is 37.8 Å². The van der Waals surface area contributed by atoms with Crippen molar-refractivity contribution in [2.24, 2.45) is 5.92 Å². The summed E-state index contributed by atoms with van der Waals surface area (Å²) in [6.07, 6.45) is 4.10. The quantitative estimate of drug-likeness (QED) is 0.646. The normalized spacial score (nSPS) is 22.4. The van der Waals surface area contributed by atoms with Crippen molar-refractivity contribution < 1.29 is 17.9 Å². The molecular weight excluding hydrogens is 454 g/mol. The predicted octanol–water partition coefficient (Wildman–Crippen LogP) is 2.34. The molecule has 10 heteroatoms. The van der Waals surface area contributed by atoms with Crippen molar-refractivity contribution in [1.82, 2.24) is 23.3 Å². The summed E-state index contributed by atoms with van der Waals surface area (Å²) in [4.78, 5) is 15.4. The zero-order chi connectivity index (χ0) is 23.7. The van der Waals surface area contributed by atoms with E-state index in [9.17, 15) is 13.2 Å².